The zero-order valence-electron chi connectivity index (χ0n) is 17.8. The first kappa shape index (κ1) is 23.8. The van der Waals surface area contributed by atoms with Crippen molar-refractivity contribution in [2.45, 2.75) is 45.3 Å². The molecule has 0 radical (unpaired) electrons. The number of halogens is 2. The Labute approximate surface area is 193 Å². The van der Waals surface area contributed by atoms with Gasteiger partial charge in [0, 0.05) is 19.7 Å². The standard InChI is InChI=1S/C20H25BrClN3O6/c1-5-12-9-11(7-8-30-12)25(20(27)29-6-2)15-13-10-14(22)23-18(21)16(13)31-17(15)19(26)24(3)28-4/h10-12H,5-9H2,1-4H3/t11-,12-/m0/s1. The lowest BCUT2D eigenvalue weighted by molar-refractivity contribution is -0.0772. The number of nitrogens with zero attached hydrogens (tertiary/aromatic N) is 3. The number of hydrogen-bond acceptors (Lipinski definition) is 7. The number of carbonyl (C=O) groups is 2. The molecule has 3 rings (SSSR count). The van der Waals surface area contributed by atoms with E-state index in [1.165, 1.54) is 19.1 Å². The quantitative estimate of drug-likeness (QED) is 0.400. The maximum absolute atomic E-state index is 13.2. The molecule has 2 atom stereocenters. The summed E-state index contributed by atoms with van der Waals surface area (Å²) in [5.41, 5.74) is 0.565. The summed E-state index contributed by atoms with van der Waals surface area (Å²) in [5, 5.41) is 1.67. The Morgan fingerprint density at radius 2 is 2.13 bits per heavy atom. The number of ether oxygens (including phenoxy) is 2. The zero-order valence-corrected chi connectivity index (χ0v) is 20.2. The molecule has 0 spiro atoms. The van der Waals surface area contributed by atoms with Gasteiger partial charge in [-0.1, -0.05) is 18.5 Å². The average molecular weight is 519 g/mol. The van der Waals surface area contributed by atoms with Crippen LogP contribution in [0.2, 0.25) is 5.15 Å². The Balaban J connectivity index is 2.25. The van der Waals surface area contributed by atoms with Crippen LogP contribution in [-0.4, -0.2) is 61.6 Å². The van der Waals surface area contributed by atoms with E-state index in [0.29, 0.717) is 35.0 Å². The van der Waals surface area contributed by atoms with Crippen LogP contribution in [0.5, 0.6) is 0 Å². The van der Waals surface area contributed by atoms with Crippen LogP contribution in [0.1, 0.15) is 43.7 Å². The number of pyridine rings is 1. The van der Waals surface area contributed by atoms with Gasteiger partial charge in [-0.15, -0.1) is 0 Å². The van der Waals surface area contributed by atoms with Crippen LogP contribution in [0.3, 0.4) is 0 Å². The SMILES string of the molecule is CCOC(=O)N(c1c(C(=O)N(C)OC)oc2c(Br)nc(Cl)cc12)[C@H]1CCO[C@@H](CC)C1. The summed E-state index contributed by atoms with van der Waals surface area (Å²) in [7, 11) is 2.82. The van der Waals surface area contributed by atoms with Crippen molar-refractivity contribution < 1.29 is 28.3 Å². The molecule has 11 heteroatoms. The van der Waals surface area contributed by atoms with E-state index in [2.05, 4.69) is 20.9 Å². The molecule has 2 aromatic rings. The van der Waals surface area contributed by atoms with Crippen LogP contribution in [-0.2, 0) is 14.3 Å². The van der Waals surface area contributed by atoms with Crippen LogP contribution >= 0.6 is 27.5 Å². The van der Waals surface area contributed by atoms with Crippen molar-refractivity contribution in [3.63, 3.8) is 0 Å². The zero-order chi connectivity index (χ0) is 22.7. The van der Waals surface area contributed by atoms with Crippen molar-refractivity contribution in [3.05, 3.63) is 21.6 Å². The average Bonchev–Trinajstić information content (AvgIpc) is 3.12. The first-order valence-corrected chi connectivity index (χ1v) is 11.2. The van der Waals surface area contributed by atoms with E-state index in [0.717, 1.165) is 11.5 Å². The van der Waals surface area contributed by atoms with Crippen molar-refractivity contribution in [1.82, 2.24) is 10.0 Å². The van der Waals surface area contributed by atoms with E-state index in [1.54, 1.807) is 13.0 Å². The van der Waals surface area contributed by atoms with E-state index in [4.69, 9.17) is 30.3 Å². The highest BCUT2D eigenvalue weighted by molar-refractivity contribution is 9.10. The van der Waals surface area contributed by atoms with E-state index < -0.39 is 12.0 Å². The van der Waals surface area contributed by atoms with Crippen molar-refractivity contribution in [1.29, 1.82) is 0 Å². The molecule has 31 heavy (non-hydrogen) atoms. The maximum atomic E-state index is 13.2. The third-order valence-electron chi connectivity index (χ3n) is 5.19. The lowest BCUT2D eigenvalue weighted by Gasteiger charge is -2.36. The Morgan fingerprint density at radius 1 is 1.39 bits per heavy atom. The lowest BCUT2D eigenvalue weighted by Crippen LogP contribution is -2.46. The number of rotatable bonds is 6. The summed E-state index contributed by atoms with van der Waals surface area (Å²) in [6, 6.07) is 1.30. The molecule has 0 N–H and O–H groups in total. The minimum atomic E-state index is -0.579. The molecule has 1 saturated heterocycles. The van der Waals surface area contributed by atoms with Crippen LogP contribution in [0, 0.1) is 0 Å². The molecule has 1 aliphatic rings. The number of fused-ring (bicyclic) bond motifs is 1. The highest BCUT2D eigenvalue weighted by Gasteiger charge is 2.38. The Morgan fingerprint density at radius 3 is 2.77 bits per heavy atom. The lowest BCUT2D eigenvalue weighted by atomic mass is 9.99. The third-order valence-corrected chi connectivity index (χ3v) is 5.93. The van der Waals surface area contributed by atoms with E-state index in [9.17, 15) is 9.59 Å². The normalized spacial score (nSPS) is 18.8. The summed E-state index contributed by atoms with van der Waals surface area (Å²) < 4.78 is 17.4. The van der Waals surface area contributed by atoms with Gasteiger partial charge in [0.15, 0.2) is 10.2 Å². The predicted octanol–water partition coefficient (Wildman–Crippen LogP) is 4.80. The van der Waals surface area contributed by atoms with E-state index in [-0.39, 0.29) is 35.4 Å². The molecule has 1 aliphatic heterocycles. The highest BCUT2D eigenvalue weighted by atomic mass is 79.9. The second-order valence-electron chi connectivity index (χ2n) is 7.03. The molecule has 2 aromatic heterocycles. The summed E-state index contributed by atoms with van der Waals surface area (Å²) >= 11 is 9.53. The van der Waals surface area contributed by atoms with Gasteiger partial charge in [-0.3, -0.25) is 14.5 Å². The van der Waals surface area contributed by atoms with Crippen LogP contribution in [0.4, 0.5) is 10.5 Å². The topological polar surface area (TPSA) is 94.3 Å². The fourth-order valence-electron chi connectivity index (χ4n) is 3.62. The monoisotopic (exact) mass is 517 g/mol. The second kappa shape index (κ2) is 10.2. The van der Waals surface area contributed by atoms with Gasteiger partial charge in [-0.25, -0.2) is 14.8 Å². The van der Waals surface area contributed by atoms with E-state index >= 15 is 0 Å². The molecule has 2 amide bonds. The summed E-state index contributed by atoms with van der Waals surface area (Å²) in [4.78, 5) is 36.9. The Kier molecular flexibility index (Phi) is 7.79. The van der Waals surface area contributed by atoms with E-state index in [1.807, 2.05) is 6.92 Å². The molecule has 1 fully saturated rings. The molecule has 0 bridgehead atoms. The number of anilines is 1. The van der Waals surface area contributed by atoms with Gasteiger partial charge in [0.1, 0.15) is 10.8 Å². The fraction of sp³-hybridized carbons (Fsp3) is 0.550. The Hall–Kier alpha value is -1.88. The summed E-state index contributed by atoms with van der Waals surface area (Å²) in [6.07, 6.45) is 1.39. The van der Waals surface area contributed by atoms with Gasteiger partial charge in [0.2, 0.25) is 5.76 Å². The molecule has 170 valence electrons. The molecular formula is C20H25BrClN3O6. The van der Waals surface area contributed by atoms with Gasteiger partial charge >= 0.3 is 12.0 Å². The minimum absolute atomic E-state index is 0.00775. The smallest absolute Gasteiger partial charge is 0.414 e. The molecule has 0 aliphatic carbocycles. The summed E-state index contributed by atoms with van der Waals surface area (Å²) in [6.45, 7) is 4.42. The molecule has 0 unspecified atom stereocenters. The maximum Gasteiger partial charge on any atom is 0.414 e. The predicted molar refractivity (Wildman–Crippen MR) is 118 cm³/mol. The number of furan rings is 1. The molecular weight excluding hydrogens is 494 g/mol. The first-order chi connectivity index (χ1) is 14.8. The van der Waals surface area contributed by atoms with Gasteiger partial charge in [-0.2, -0.15) is 0 Å². The minimum Gasteiger partial charge on any atom is -0.449 e. The molecule has 3 heterocycles. The van der Waals surface area contributed by atoms with Crippen molar-refractivity contribution in [2.75, 3.05) is 32.3 Å². The third kappa shape index (κ3) is 4.82. The molecule has 0 saturated carbocycles. The number of aromatic nitrogens is 1. The van der Waals surface area contributed by atoms with Crippen LogP contribution in [0.15, 0.2) is 15.1 Å². The number of hydroxylamine groups is 2. The van der Waals surface area contributed by atoms with Crippen molar-refractivity contribution >= 4 is 56.2 Å². The first-order valence-electron chi connectivity index (χ1n) is 10.0. The van der Waals surface area contributed by atoms with Gasteiger partial charge in [-0.05, 0) is 48.2 Å². The van der Waals surface area contributed by atoms with Crippen LogP contribution < -0.4 is 4.90 Å². The number of carbonyl (C=O) groups excluding carboxylic acids is 2. The largest absolute Gasteiger partial charge is 0.449 e. The van der Waals surface area contributed by atoms with Gasteiger partial charge < -0.3 is 13.9 Å². The molecule has 0 aromatic carbocycles. The second-order valence-corrected chi connectivity index (χ2v) is 8.16. The summed E-state index contributed by atoms with van der Waals surface area (Å²) in [5.74, 6) is -0.637. The van der Waals surface area contributed by atoms with Gasteiger partial charge in [0.25, 0.3) is 0 Å². The number of hydrogen-bond donors (Lipinski definition) is 0. The van der Waals surface area contributed by atoms with Crippen LogP contribution in [0.25, 0.3) is 11.0 Å². The highest BCUT2D eigenvalue weighted by Crippen LogP contribution is 2.41. The van der Waals surface area contributed by atoms with Crippen molar-refractivity contribution in [3.8, 4) is 0 Å². The molecule has 9 nitrogen and oxygen atoms in total. The van der Waals surface area contributed by atoms with Crippen molar-refractivity contribution in [2.24, 2.45) is 0 Å². The van der Waals surface area contributed by atoms with Gasteiger partial charge in [0.05, 0.1) is 25.2 Å². The number of amides is 2. The fourth-order valence-corrected chi connectivity index (χ4v) is 4.40. The Bertz CT molecular complexity index is 968.